The van der Waals surface area contributed by atoms with Crippen molar-refractivity contribution in [3.8, 4) is 11.1 Å². The van der Waals surface area contributed by atoms with Crippen molar-refractivity contribution in [3.63, 3.8) is 0 Å². The summed E-state index contributed by atoms with van der Waals surface area (Å²) in [5.74, 6) is -0.0559. The number of nitrogens with one attached hydrogen (secondary N) is 3. The van der Waals surface area contributed by atoms with E-state index in [-0.39, 0.29) is 59.7 Å². The third kappa shape index (κ3) is 6.55. The third-order valence-corrected chi connectivity index (χ3v) is 12.1. The van der Waals surface area contributed by atoms with Crippen LogP contribution in [-0.4, -0.2) is 104 Å². The van der Waals surface area contributed by atoms with E-state index in [9.17, 15) is 14.4 Å². The van der Waals surface area contributed by atoms with Crippen LogP contribution in [-0.2, 0) is 16.1 Å². The van der Waals surface area contributed by atoms with Crippen molar-refractivity contribution in [3.05, 3.63) is 71.4 Å². The minimum Gasteiger partial charge on any atom is -0.371 e. The molecule has 10 rings (SSSR count). The minimum atomic E-state index is -0.290. The van der Waals surface area contributed by atoms with E-state index in [4.69, 9.17) is 14.8 Å². The Morgan fingerprint density at radius 1 is 0.893 bits per heavy atom. The van der Waals surface area contributed by atoms with E-state index < -0.39 is 0 Å². The number of pyridine rings is 1. The maximum atomic E-state index is 13.4. The van der Waals surface area contributed by atoms with E-state index >= 15 is 0 Å². The number of carbonyl (C=O) groups excluding carboxylic acids is 3. The Hall–Kier alpha value is -5.41. The predicted molar refractivity (Wildman–Crippen MR) is 209 cm³/mol. The molecule has 290 valence electrons. The fraction of sp³-hybridized carbons (Fsp3) is 0.488. The molecule has 3 saturated heterocycles. The first-order valence-electron chi connectivity index (χ1n) is 20.1. The van der Waals surface area contributed by atoms with Crippen molar-refractivity contribution in [2.45, 2.75) is 88.7 Å². The zero-order valence-electron chi connectivity index (χ0n) is 31.8. The summed E-state index contributed by atoms with van der Waals surface area (Å²) in [5, 5.41) is 22.9. The van der Waals surface area contributed by atoms with E-state index in [1.807, 2.05) is 41.4 Å². The SMILES string of the molecule is CCC1c2c(cnn2C2CN(Cc3cccc(C(=O)N4CC5CCC(C4)O5)n3)C2)-c2cccc(Nc3cc(NC(=O)C4CC4)nnc3C(=O)NC3CC3)c2N1C. The van der Waals surface area contributed by atoms with E-state index in [1.165, 1.54) is 5.69 Å². The van der Waals surface area contributed by atoms with Gasteiger partial charge >= 0.3 is 0 Å². The number of aromatic nitrogens is 5. The van der Waals surface area contributed by atoms with Crippen molar-refractivity contribution >= 4 is 40.6 Å². The molecular formula is C41H47N11O4. The van der Waals surface area contributed by atoms with Crippen LogP contribution < -0.4 is 20.9 Å². The zero-order valence-corrected chi connectivity index (χ0v) is 31.8. The fourth-order valence-electron chi connectivity index (χ4n) is 8.85. The lowest BCUT2D eigenvalue weighted by atomic mass is 9.91. The van der Waals surface area contributed by atoms with Crippen molar-refractivity contribution in [2.24, 2.45) is 5.92 Å². The maximum absolute atomic E-state index is 13.4. The molecule has 3 N–H and O–H groups in total. The highest BCUT2D eigenvalue weighted by atomic mass is 16.5. The van der Waals surface area contributed by atoms with E-state index in [2.05, 4.69) is 60.7 Å². The van der Waals surface area contributed by atoms with E-state index in [0.717, 1.165) is 86.2 Å². The molecule has 5 fully saturated rings. The van der Waals surface area contributed by atoms with Gasteiger partial charge in [0.15, 0.2) is 11.5 Å². The lowest BCUT2D eigenvalue weighted by Crippen LogP contribution is -2.48. The molecule has 15 nitrogen and oxygen atoms in total. The van der Waals surface area contributed by atoms with E-state index in [0.29, 0.717) is 36.8 Å². The Morgan fingerprint density at radius 2 is 1.68 bits per heavy atom. The van der Waals surface area contributed by atoms with Gasteiger partial charge in [0.25, 0.3) is 11.8 Å². The molecule has 3 unspecified atom stereocenters. The van der Waals surface area contributed by atoms with Crippen LogP contribution in [0.5, 0.6) is 0 Å². The third-order valence-electron chi connectivity index (χ3n) is 12.1. The number of rotatable bonds is 11. The molecule has 15 heteroatoms. The summed E-state index contributed by atoms with van der Waals surface area (Å²) >= 11 is 0. The Labute approximate surface area is 325 Å². The highest BCUT2D eigenvalue weighted by molar-refractivity contribution is 6.01. The van der Waals surface area contributed by atoms with Crippen LogP contribution in [0.3, 0.4) is 0 Å². The summed E-state index contributed by atoms with van der Waals surface area (Å²) < 4.78 is 8.14. The molecule has 3 amide bonds. The van der Waals surface area contributed by atoms with Crippen LogP contribution in [0.2, 0.25) is 0 Å². The minimum absolute atomic E-state index is 0.00626. The summed E-state index contributed by atoms with van der Waals surface area (Å²) in [6.07, 6.45) is 8.83. The maximum Gasteiger partial charge on any atom is 0.274 e. The second kappa shape index (κ2) is 14.0. The first-order chi connectivity index (χ1) is 27.3. The largest absolute Gasteiger partial charge is 0.371 e. The highest BCUT2D eigenvalue weighted by Crippen LogP contribution is 2.50. The molecule has 3 atom stereocenters. The van der Waals surface area contributed by atoms with Gasteiger partial charge in [0, 0.05) is 68.9 Å². The zero-order chi connectivity index (χ0) is 38.1. The van der Waals surface area contributed by atoms with Crippen LogP contribution in [0.15, 0.2) is 48.7 Å². The quantitative estimate of drug-likeness (QED) is 0.195. The summed E-state index contributed by atoms with van der Waals surface area (Å²) in [6, 6.07) is 14.0. The van der Waals surface area contributed by atoms with Crippen LogP contribution in [0.25, 0.3) is 11.1 Å². The topological polar surface area (TPSA) is 163 Å². The second-order valence-electron chi connectivity index (χ2n) is 16.3. The number of benzene rings is 1. The van der Waals surface area contributed by atoms with Crippen molar-refractivity contribution in [2.75, 3.05) is 48.8 Å². The molecule has 4 aromatic rings. The molecule has 6 aliphatic rings. The number of hydrogen-bond donors (Lipinski definition) is 3. The molecule has 2 bridgehead atoms. The lowest BCUT2D eigenvalue weighted by molar-refractivity contribution is -0.117. The molecule has 3 aromatic heterocycles. The summed E-state index contributed by atoms with van der Waals surface area (Å²) in [6.45, 7) is 5.81. The summed E-state index contributed by atoms with van der Waals surface area (Å²) in [5.41, 5.74) is 7.21. The smallest absolute Gasteiger partial charge is 0.274 e. The van der Waals surface area contributed by atoms with Gasteiger partial charge in [0.1, 0.15) is 5.69 Å². The van der Waals surface area contributed by atoms with Crippen LogP contribution in [0, 0.1) is 5.92 Å². The Bertz CT molecular complexity index is 2200. The predicted octanol–water partition coefficient (Wildman–Crippen LogP) is 4.68. The molecule has 7 heterocycles. The second-order valence-corrected chi connectivity index (χ2v) is 16.3. The number of likely N-dealkylation sites (tertiary alicyclic amines) is 2. The van der Waals surface area contributed by atoms with Gasteiger partial charge in [-0.05, 0) is 63.1 Å². The number of fused-ring (bicyclic) bond motifs is 5. The molecule has 1 aromatic carbocycles. The van der Waals surface area contributed by atoms with Gasteiger partial charge < -0.3 is 30.5 Å². The van der Waals surface area contributed by atoms with Gasteiger partial charge in [0.2, 0.25) is 5.91 Å². The van der Waals surface area contributed by atoms with Crippen LogP contribution >= 0.6 is 0 Å². The molecule has 0 spiro atoms. The molecule has 56 heavy (non-hydrogen) atoms. The highest BCUT2D eigenvalue weighted by Gasteiger charge is 2.39. The first-order valence-corrected chi connectivity index (χ1v) is 20.1. The van der Waals surface area contributed by atoms with Crippen molar-refractivity contribution < 1.29 is 19.1 Å². The summed E-state index contributed by atoms with van der Waals surface area (Å²) in [4.78, 5) is 50.7. The molecule has 4 aliphatic heterocycles. The summed E-state index contributed by atoms with van der Waals surface area (Å²) in [7, 11) is 2.11. The van der Waals surface area contributed by atoms with Crippen molar-refractivity contribution in [1.29, 1.82) is 0 Å². The average Bonchev–Trinajstić information content (AvgIpc) is 4.13. The number of carbonyl (C=O) groups is 3. The Balaban J connectivity index is 0.874. The molecule has 2 saturated carbocycles. The monoisotopic (exact) mass is 757 g/mol. The number of para-hydroxylation sites is 1. The number of morpholine rings is 1. The van der Waals surface area contributed by atoms with Gasteiger partial charge in [0.05, 0.1) is 58.9 Å². The number of amides is 3. The van der Waals surface area contributed by atoms with Crippen molar-refractivity contribution in [1.82, 2.24) is 40.1 Å². The van der Waals surface area contributed by atoms with Gasteiger partial charge in [-0.15, -0.1) is 10.2 Å². The number of anilines is 4. The van der Waals surface area contributed by atoms with Crippen LogP contribution in [0.4, 0.5) is 22.9 Å². The molecule has 2 aliphatic carbocycles. The number of ether oxygens (including phenoxy) is 1. The Kier molecular flexibility index (Phi) is 8.73. The van der Waals surface area contributed by atoms with E-state index in [1.54, 1.807) is 6.07 Å². The Morgan fingerprint density at radius 3 is 2.43 bits per heavy atom. The standard InChI is InChI=1S/C41H47N11O4/c1-3-34-38-30(17-42-52(38)26-19-50(20-26)18-25-6-4-9-32(43-25)41(55)51-21-27-14-15-28(22-51)56-27)29-7-5-8-31(37(29)49(34)2)45-33-16-35(46-39(53)23-10-11-23)47-48-36(33)40(54)44-24-12-13-24/h4-9,16-17,23-24,26-28,34H,3,10-15,18-22H2,1-2H3,(H,44,54)(H2,45,46,47,53). The number of hydrogen-bond acceptors (Lipinski definition) is 11. The normalized spacial score (nSPS) is 22.9. The average molecular weight is 758 g/mol. The fourth-order valence-corrected chi connectivity index (χ4v) is 8.85. The number of nitrogens with zero attached hydrogens (tertiary/aromatic N) is 8. The van der Waals surface area contributed by atoms with Gasteiger partial charge in [-0.25, -0.2) is 4.98 Å². The first kappa shape index (κ1) is 35.0. The van der Waals surface area contributed by atoms with Gasteiger partial charge in [-0.3, -0.25) is 24.0 Å². The molecule has 0 radical (unpaired) electrons. The van der Waals surface area contributed by atoms with Gasteiger partial charge in [-0.2, -0.15) is 5.10 Å². The van der Waals surface area contributed by atoms with Gasteiger partial charge in [-0.1, -0.05) is 25.1 Å². The van der Waals surface area contributed by atoms with Crippen LogP contribution in [0.1, 0.15) is 96.3 Å². The molecular weight excluding hydrogens is 711 g/mol. The lowest BCUT2D eigenvalue weighted by Gasteiger charge is -2.43.